The molecule has 15 heavy (non-hydrogen) atoms. The standard InChI is InChI=1S/C9H10ClN5/c1-6-5-9(14-15(6)2)11-8-4-3-7(10)12-13-8/h3-5H,1-2H3,(H,11,13,14). The van der Waals surface area contributed by atoms with Crippen molar-refractivity contribution < 1.29 is 0 Å². The summed E-state index contributed by atoms with van der Waals surface area (Å²) in [7, 11) is 1.88. The van der Waals surface area contributed by atoms with Crippen LogP contribution in [0.5, 0.6) is 0 Å². The highest BCUT2D eigenvalue weighted by molar-refractivity contribution is 6.29. The summed E-state index contributed by atoms with van der Waals surface area (Å²) < 4.78 is 1.78. The summed E-state index contributed by atoms with van der Waals surface area (Å²) in [6.45, 7) is 1.98. The van der Waals surface area contributed by atoms with Gasteiger partial charge in [-0.3, -0.25) is 4.68 Å². The Kier molecular flexibility index (Phi) is 2.55. The summed E-state index contributed by atoms with van der Waals surface area (Å²) in [4.78, 5) is 0. The number of anilines is 2. The fraction of sp³-hybridized carbons (Fsp3) is 0.222. The van der Waals surface area contributed by atoms with E-state index >= 15 is 0 Å². The van der Waals surface area contributed by atoms with Gasteiger partial charge in [-0.15, -0.1) is 10.2 Å². The molecule has 0 aliphatic rings. The molecule has 0 saturated carbocycles. The van der Waals surface area contributed by atoms with E-state index in [1.807, 2.05) is 20.0 Å². The van der Waals surface area contributed by atoms with E-state index in [4.69, 9.17) is 11.6 Å². The Labute approximate surface area is 92.1 Å². The molecule has 1 N–H and O–H groups in total. The summed E-state index contributed by atoms with van der Waals surface area (Å²) >= 11 is 5.62. The molecule has 0 saturated heterocycles. The zero-order chi connectivity index (χ0) is 10.8. The summed E-state index contributed by atoms with van der Waals surface area (Å²) in [5.41, 5.74) is 1.07. The first-order chi connectivity index (χ1) is 7.15. The monoisotopic (exact) mass is 223 g/mol. The second-order valence-electron chi connectivity index (χ2n) is 3.16. The van der Waals surface area contributed by atoms with Gasteiger partial charge >= 0.3 is 0 Å². The van der Waals surface area contributed by atoms with Gasteiger partial charge in [0, 0.05) is 18.8 Å². The van der Waals surface area contributed by atoms with Gasteiger partial charge in [0.2, 0.25) is 0 Å². The van der Waals surface area contributed by atoms with Crippen molar-refractivity contribution in [2.45, 2.75) is 6.92 Å². The van der Waals surface area contributed by atoms with Gasteiger partial charge in [-0.2, -0.15) is 5.10 Å². The number of aromatic nitrogens is 4. The van der Waals surface area contributed by atoms with Crippen molar-refractivity contribution in [2.24, 2.45) is 7.05 Å². The molecular formula is C9H10ClN5. The van der Waals surface area contributed by atoms with Gasteiger partial charge in [-0.05, 0) is 19.1 Å². The molecule has 2 aromatic rings. The number of aryl methyl sites for hydroxylation is 2. The quantitative estimate of drug-likeness (QED) is 0.845. The van der Waals surface area contributed by atoms with E-state index in [0.717, 1.165) is 11.5 Å². The molecule has 78 valence electrons. The number of nitrogens with zero attached hydrogens (tertiary/aromatic N) is 4. The molecule has 0 amide bonds. The molecule has 0 radical (unpaired) electrons. The molecule has 0 fully saturated rings. The third-order valence-corrected chi connectivity index (χ3v) is 2.20. The van der Waals surface area contributed by atoms with Gasteiger partial charge in [0.1, 0.15) is 0 Å². The summed E-state index contributed by atoms with van der Waals surface area (Å²) in [5, 5.41) is 15.2. The average molecular weight is 224 g/mol. The molecule has 5 nitrogen and oxygen atoms in total. The van der Waals surface area contributed by atoms with E-state index in [1.54, 1.807) is 16.8 Å². The Balaban J connectivity index is 2.18. The van der Waals surface area contributed by atoms with Gasteiger partial charge < -0.3 is 5.32 Å². The maximum Gasteiger partial charge on any atom is 0.154 e. The third kappa shape index (κ3) is 2.24. The Bertz CT molecular complexity index is 442. The second-order valence-corrected chi connectivity index (χ2v) is 3.55. The van der Waals surface area contributed by atoms with Gasteiger partial charge in [0.25, 0.3) is 0 Å². The predicted molar refractivity (Wildman–Crippen MR) is 58.3 cm³/mol. The lowest BCUT2D eigenvalue weighted by atomic mass is 10.4. The van der Waals surface area contributed by atoms with E-state index in [9.17, 15) is 0 Å². The lowest BCUT2D eigenvalue weighted by molar-refractivity contribution is 0.743. The summed E-state index contributed by atoms with van der Waals surface area (Å²) in [6, 6.07) is 5.35. The highest BCUT2D eigenvalue weighted by atomic mass is 35.5. The molecule has 0 aliphatic heterocycles. The van der Waals surface area contributed by atoms with Gasteiger partial charge in [0.05, 0.1) is 0 Å². The highest BCUT2D eigenvalue weighted by Gasteiger charge is 2.02. The minimum Gasteiger partial charge on any atom is -0.322 e. The smallest absolute Gasteiger partial charge is 0.154 e. The van der Waals surface area contributed by atoms with Crippen molar-refractivity contribution in [3.63, 3.8) is 0 Å². The lowest BCUT2D eigenvalue weighted by Gasteiger charge is -1.99. The Morgan fingerprint density at radius 3 is 2.60 bits per heavy atom. The molecule has 0 aliphatic carbocycles. The molecule has 2 heterocycles. The first-order valence-corrected chi connectivity index (χ1v) is 4.80. The third-order valence-electron chi connectivity index (χ3n) is 2.00. The van der Waals surface area contributed by atoms with Crippen LogP contribution in [0.4, 0.5) is 11.6 Å². The van der Waals surface area contributed by atoms with Crippen LogP contribution in [0.15, 0.2) is 18.2 Å². The first-order valence-electron chi connectivity index (χ1n) is 4.42. The second kappa shape index (κ2) is 3.86. The number of halogens is 1. The van der Waals surface area contributed by atoms with Crippen LogP contribution in [0.25, 0.3) is 0 Å². The molecule has 2 aromatic heterocycles. The minimum absolute atomic E-state index is 0.373. The minimum atomic E-state index is 0.373. The van der Waals surface area contributed by atoms with Crippen LogP contribution in [0.3, 0.4) is 0 Å². The van der Waals surface area contributed by atoms with Crippen molar-refractivity contribution >= 4 is 23.2 Å². The number of hydrogen-bond donors (Lipinski definition) is 1. The maximum absolute atomic E-state index is 5.62. The van der Waals surface area contributed by atoms with E-state index < -0.39 is 0 Å². The molecule has 0 unspecified atom stereocenters. The molecule has 2 rings (SSSR count). The van der Waals surface area contributed by atoms with E-state index in [0.29, 0.717) is 11.0 Å². The molecule has 0 bridgehead atoms. The number of hydrogen-bond acceptors (Lipinski definition) is 4. The molecular weight excluding hydrogens is 214 g/mol. The maximum atomic E-state index is 5.62. The molecule has 0 atom stereocenters. The van der Waals surface area contributed by atoms with Crippen LogP contribution < -0.4 is 5.32 Å². The van der Waals surface area contributed by atoms with Crippen molar-refractivity contribution in [3.8, 4) is 0 Å². The predicted octanol–water partition coefficient (Wildman–Crippen LogP) is 1.92. The number of rotatable bonds is 2. The molecule has 6 heteroatoms. The van der Waals surface area contributed by atoms with E-state index in [2.05, 4.69) is 20.6 Å². The van der Waals surface area contributed by atoms with E-state index in [1.165, 1.54) is 0 Å². The van der Waals surface area contributed by atoms with Crippen LogP contribution in [0, 0.1) is 6.92 Å². The van der Waals surface area contributed by atoms with Crippen LogP contribution in [0.2, 0.25) is 5.15 Å². The van der Waals surface area contributed by atoms with Crippen molar-refractivity contribution in [2.75, 3.05) is 5.32 Å². The summed E-state index contributed by atoms with van der Waals surface area (Å²) in [5.74, 6) is 1.36. The molecule has 0 spiro atoms. The fourth-order valence-electron chi connectivity index (χ4n) is 1.14. The largest absolute Gasteiger partial charge is 0.322 e. The van der Waals surface area contributed by atoms with Crippen LogP contribution in [-0.2, 0) is 7.05 Å². The highest BCUT2D eigenvalue weighted by Crippen LogP contribution is 2.13. The topological polar surface area (TPSA) is 55.6 Å². The molecule has 0 aromatic carbocycles. The normalized spacial score (nSPS) is 10.3. The lowest BCUT2D eigenvalue weighted by Crippen LogP contribution is -1.97. The zero-order valence-electron chi connectivity index (χ0n) is 8.40. The van der Waals surface area contributed by atoms with Crippen LogP contribution >= 0.6 is 11.6 Å². The van der Waals surface area contributed by atoms with Crippen molar-refractivity contribution in [1.29, 1.82) is 0 Å². The van der Waals surface area contributed by atoms with Gasteiger partial charge in [0.15, 0.2) is 16.8 Å². The Morgan fingerprint density at radius 2 is 2.07 bits per heavy atom. The Hall–Kier alpha value is -1.62. The Morgan fingerprint density at radius 1 is 1.27 bits per heavy atom. The van der Waals surface area contributed by atoms with Crippen LogP contribution in [0.1, 0.15) is 5.69 Å². The zero-order valence-corrected chi connectivity index (χ0v) is 9.15. The van der Waals surface area contributed by atoms with Crippen molar-refractivity contribution in [1.82, 2.24) is 20.0 Å². The van der Waals surface area contributed by atoms with Gasteiger partial charge in [-0.1, -0.05) is 11.6 Å². The van der Waals surface area contributed by atoms with Crippen molar-refractivity contribution in [3.05, 3.63) is 29.0 Å². The number of nitrogens with one attached hydrogen (secondary N) is 1. The van der Waals surface area contributed by atoms with Gasteiger partial charge in [-0.25, -0.2) is 0 Å². The van der Waals surface area contributed by atoms with Crippen LogP contribution in [-0.4, -0.2) is 20.0 Å². The SMILES string of the molecule is Cc1cc(Nc2ccc(Cl)nn2)nn1C. The fourth-order valence-corrected chi connectivity index (χ4v) is 1.24. The summed E-state index contributed by atoms with van der Waals surface area (Å²) in [6.07, 6.45) is 0. The average Bonchev–Trinajstić information content (AvgIpc) is 2.50. The first kappa shape index (κ1) is 9.92. The van der Waals surface area contributed by atoms with E-state index in [-0.39, 0.29) is 0 Å².